The zero-order chi connectivity index (χ0) is 22.2. The smallest absolute Gasteiger partial charge is 0.326 e. The Morgan fingerprint density at radius 2 is 1.84 bits per heavy atom. The number of fused-ring (bicyclic) bond motifs is 1. The third-order valence-corrected chi connectivity index (χ3v) is 5.09. The van der Waals surface area contributed by atoms with E-state index in [0.29, 0.717) is 24.5 Å². The van der Waals surface area contributed by atoms with Gasteiger partial charge in [-0.05, 0) is 55.7 Å². The molecule has 0 aromatic heterocycles. The second-order valence-electron chi connectivity index (χ2n) is 7.41. The van der Waals surface area contributed by atoms with E-state index in [4.69, 9.17) is 9.47 Å². The van der Waals surface area contributed by atoms with Crippen molar-refractivity contribution in [2.45, 2.75) is 39.2 Å². The fraction of sp³-hybridized carbons (Fsp3) is 0.375. The van der Waals surface area contributed by atoms with E-state index in [9.17, 15) is 14.4 Å². The third-order valence-electron chi connectivity index (χ3n) is 5.09. The number of hydrogen-bond acceptors (Lipinski definition) is 5. The zero-order valence-corrected chi connectivity index (χ0v) is 17.9. The summed E-state index contributed by atoms with van der Waals surface area (Å²) in [5.41, 5.74) is 2.36. The predicted octanol–water partition coefficient (Wildman–Crippen LogP) is 3.12. The summed E-state index contributed by atoms with van der Waals surface area (Å²) in [4.78, 5) is 38.7. The quantitative estimate of drug-likeness (QED) is 0.494. The van der Waals surface area contributed by atoms with Crippen molar-refractivity contribution in [2.24, 2.45) is 0 Å². The van der Waals surface area contributed by atoms with Crippen molar-refractivity contribution in [3.63, 3.8) is 0 Å². The Bertz CT molecular complexity index is 926. The molecule has 0 aliphatic carbocycles. The lowest BCUT2D eigenvalue weighted by Gasteiger charge is -2.21. The molecule has 0 fully saturated rings. The standard InChI is InChI=1S/C24H28N2O5/c1-3-4-15-30-20-11-9-19(10-12-20)23(28)25-16-22(27)31-17(2)24(29)26-14-13-18-7-5-6-8-21(18)26/h5-12,17H,3-4,13-16H2,1-2H3,(H,25,28). The minimum atomic E-state index is -0.935. The number of unbranched alkanes of at least 4 members (excludes halogenated alkanes) is 1. The van der Waals surface area contributed by atoms with Gasteiger partial charge in [-0.25, -0.2) is 0 Å². The summed E-state index contributed by atoms with van der Waals surface area (Å²) in [5, 5.41) is 2.52. The number of anilines is 1. The van der Waals surface area contributed by atoms with Gasteiger partial charge in [-0.2, -0.15) is 0 Å². The molecule has 1 aliphatic rings. The van der Waals surface area contributed by atoms with E-state index in [1.165, 1.54) is 0 Å². The summed E-state index contributed by atoms with van der Waals surface area (Å²) in [7, 11) is 0. The number of esters is 1. The first-order valence-corrected chi connectivity index (χ1v) is 10.6. The van der Waals surface area contributed by atoms with Gasteiger partial charge in [0.1, 0.15) is 12.3 Å². The van der Waals surface area contributed by atoms with Gasteiger partial charge >= 0.3 is 5.97 Å². The number of carbonyl (C=O) groups excluding carboxylic acids is 3. The molecule has 7 heteroatoms. The van der Waals surface area contributed by atoms with Crippen LogP contribution < -0.4 is 15.0 Å². The molecule has 1 heterocycles. The Balaban J connectivity index is 1.45. The molecule has 1 N–H and O–H groups in total. The third kappa shape index (κ3) is 5.84. The van der Waals surface area contributed by atoms with Gasteiger partial charge in [0.2, 0.25) is 0 Å². The average molecular weight is 424 g/mol. The molecule has 1 unspecified atom stereocenters. The fourth-order valence-electron chi connectivity index (χ4n) is 3.37. The van der Waals surface area contributed by atoms with E-state index in [-0.39, 0.29) is 12.5 Å². The number of carbonyl (C=O) groups is 3. The lowest BCUT2D eigenvalue weighted by atomic mass is 10.2. The highest BCUT2D eigenvalue weighted by Gasteiger charge is 2.29. The van der Waals surface area contributed by atoms with E-state index in [2.05, 4.69) is 12.2 Å². The van der Waals surface area contributed by atoms with E-state index in [0.717, 1.165) is 30.5 Å². The Morgan fingerprint density at radius 3 is 2.58 bits per heavy atom. The van der Waals surface area contributed by atoms with Crippen molar-refractivity contribution in [2.75, 3.05) is 24.6 Å². The summed E-state index contributed by atoms with van der Waals surface area (Å²) in [5.74, 6) is -0.644. The second-order valence-corrected chi connectivity index (χ2v) is 7.41. The monoisotopic (exact) mass is 424 g/mol. The Morgan fingerprint density at radius 1 is 1.10 bits per heavy atom. The zero-order valence-electron chi connectivity index (χ0n) is 17.9. The number of rotatable bonds is 9. The minimum Gasteiger partial charge on any atom is -0.494 e. The van der Waals surface area contributed by atoms with Crippen LogP contribution >= 0.6 is 0 Å². The molecule has 2 aromatic rings. The van der Waals surface area contributed by atoms with Crippen LogP contribution in [0.5, 0.6) is 5.75 Å². The fourth-order valence-corrected chi connectivity index (χ4v) is 3.37. The highest BCUT2D eigenvalue weighted by molar-refractivity contribution is 5.99. The van der Waals surface area contributed by atoms with Crippen LogP contribution in [-0.4, -0.2) is 43.6 Å². The van der Waals surface area contributed by atoms with E-state index < -0.39 is 18.0 Å². The maximum absolute atomic E-state index is 12.7. The van der Waals surface area contributed by atoms with Crippen LogP contribution in [0.15, 0.2) is 48.5 Å². The SMILES string of the molecule is CCCCOc1ccc(C(=O)NCC(=O)OC(C)C(=O)N2CCc3ccccc32)cc1. The molecular weight excluding hydrogens is 396 g/mol. The van der Waals surface area contributed by atoms with Gasteiger partial charge in [0, 0.05) is 17.8 Å². The van der Waals surface area contributed by atoms with Crippen molar-refractivity contribution >= 4 is 23.5 Å². The lowest BCUT2D eigenvalue weighted by Crippen LogP contribution is -2.41. The molecule has 0 saturated heterocycles. The minimum absolute atomic E-state index is 0.275. The second kappa shape index (κ2) is 10.6. The maximum atomic E-state index is 12.7. The predicted molar refractivity (Wildman–Crippen MR) is 117 cm³/mol. The van der Waals surface area contributed by atoms with Crippen LogP contribution in [-0.2, 0) is 20.7 Å². The van der Waals surface area contributed by atoms with Gasteiger partial charge in [0.05, 0.1) is 6.61 Å². The molecule has 31 heavy (non-hydrogen) atoms. The number of ether oxygens (including phenoxy) is 2. The Kier molecular flexibility index (Phi) is 7.65. The van der Waals surface area contributed by atoms with Gasteiger partial charge in [0.25, 0.3) is 11.8 Å². The van der Waals surface area contributed by atoms with Crippen LogP contribution in [0.2, 0.25) is 0 Å². The maximum Gasteiger partial charge on any atom is 0.326 e. The number of amides is 2. The van der Waals surface area contributed by atoms with Crippen LogP contribution in [0, 0.1) is 0 Å². The molecule has 1 aliphatic heterocycles. The van der Waals surface area contributed by atoms with Crippen LogP contribution in [0.3, 0.4) is 0 Å². The average Bonchev–Trinajstić information content (AvgIpc) is 3.21. The van der Waals surface area contributed by atoms with Crippen molar-refractivity contribution < 1.29 is 23.9 Å². The number of benzene rings is 2. The van der Waals surface area contributed by atoms with Gasteiger partial charge in [-0.15, -0.1) is 0 Å². The summed E-state index contributed by atoms with van der Waals surface area (Å²) < 4.78 is 10.8. The van der Waals surface area contributed by atoms with Crippen molar-refractivity contribution in [1.82, 2.24) is 5.32 Å². The number of nitrogens with zero attached hydrogens (tertiary/aromatic N) is 1. The summed E-state index contributed by atoms with van der Waals surface area (Å²) in [6.07, 6.45) is 1.86. The van der Waals surface area contributed by atoms with E-state index in [1.807, 2.05) is 24.3 Å². The van der Waals surface area contributed by atoms with Crippen molar-refractivity contribution in [3.05, 3.63) is 59.7 Å². The van der Waals surface area contributed by atoms with Gasteiger partial charge < -0.3 is 19.7 Å². The molecular formula is C24H28N2O5. The first kappa shape index (κ1) is 22.3. The Labute approximate surface area is 182 Å². The molecule has 1 atom stereocenters. The lowest BCUT2D eigenvalue weighted by molar-refractivity contribution is -0.152. The van der Waals surface area contributed by atoms with Crippen LogP contribution in [0.25, 0.3) is 0 Å². The molecule has 0 saturated carbocycles. The highest BCUT2D eigenvalue weighted by Crippen LogP contribution is 2.28. The van der Waals surface area contributed by atoms with Gasteiger partial charge in [-0.1, -0.05) is 31.5 Å². The first-order valence-electron chi connectivity index (χ1n) is 10.6. The molecule has 0 radical (unpaired) electrons. The number of para-hydroxylation sites is 1. The first-order chi connectivity index (χ1) is 15.0. The van der Waals surface area contributed by atoms with Gasteiger partial charge in [-0.3, -0.25) is 14.4 Å². The molecule has 3 rings (SSSR count). The van der Waals surface area contributed by atoms with Crippen molar-refractivity contribution in [3.8, 4) is 5.75 Å². The highest BCUT2D eigenvalue weighted by atomic mass is 16.5. The number of nitrogens with one attached hydrogen (secondary N) is 1. The topological polar surface area (TPSA) is 84.9 Å². The molecule has 2 amide bonds. The van der Waals surface area contributed by atoms with Gasteiger partial charge in [0.15, 0.2) is 6.10 Å². The van der Waals surface area contributed by atoms with Crippen LogP contribution in [0.4, 0.5) is 5.69 Å². The number of hydrogen-bond donors (Lipinski definition) is 1. The molecule has 2 aromatic carbocycles. The Hall–Kier alpha value is -3.35. The van der Waals surface area contributed by atoms with E-state index in [1.54, 1.807) is 36.1 Å². The molecule has 0 bridgehead atoms. The molecule has 0 spiro atoms. The normalized spacial score (nSPS) is 13.3. The van der Waals surface area contributed by atoms with E-state index >= 15 is 0 Å². The van der Waals surface area contributed by atoms with Crippen LogP contribution in [0.1, 0.15) is 42.6 Å². The summed E-state index contributed by atoms with van der Waals surface area (Å²) in [6.45, 7) is 4.51. The molecule has 164 valence electrons. The molecule has 7 nitrogen and oxygen atoms in total. The largest absolute Gasteiger partial charge is 0.494 e. The summed E-state index contributed by atoms with van der Waals surface area (Å²) >= 11 is 0. The van der Waals surface area contributed by atoms with Crippen molar-refractivity contribution in [1.29, 1.82) is 0 Å². The summed E-state index contributed by atoms with van der Waals surface area (Å²) in [6, 6.07) is 14.4.